The SMILES string of the molecule is COCCC(=O)N1CCOC(c2nc(C)cc(C)n2)C1. The van der Waals surface area contributed by atoms with Crippen LogP contribution in [0.15, 0.2) is 6.07 Å². The molecule has 1 fully saturated rings. The van der Waals surface area contributed by atoms with Gasteiger partial charge in [-0.1, -0.05) is 0 Å². The summed E-state index contributed by atoms with van der Waals surface area (Å²) in [7, 11) is 1.60. The van der Waals surface area contributed by atoms with Crippen LogP contribution in [-0.2, 0) is 14.3 Å². The summed E-state index contributed by atoms with van der Waals surface area (Å²) in [4.78, 5) is 22.6. The highest BCUT2D eigenvalue weighted by atomic mass is 16.5. The molecule has 0 spiro atoms. The number of carbonyl (C=O) groups excluding carboxylic acids is 1. The number of aryl methyl sites for hydroxylation is 2. The lowest BCUT2D eigenvalue weighted by atomic mass is 10.2. The van der Waals surface area contributed by atoms with Crippen molar-refractivity contribution < 1.29 is 14.3 Å². The van der Waals surface area contributed by atoms with Gasteiger partial charge in [0.1, 0.15) is 6.10 Å². The van der Waals surface area contributed by atoms with E-state index in [1.807, 2.05) is 19.9 Å². The van der Waals surface area contributed by atoms with Gasteiger partial charge in [0.25, 0.3) is 0 Å². The summed E-state index contributed by atoms with van der Waals surface area (Å²) in [5.74, 6) is 0.747. The monoisotopic (exact) mass is 279 g/mol. The van der Waals surface area contributed by atoms with Crippen molar-refractivity contribution in [1.29, 1.82) is 0 Å². The van der Waals surface area contributed by atoms with Gasteiger partial charge in [0.15, 0.2) is 5.82 Å². The third kappa shape index (κ3) is 3.74. The van der Waals surface area contributed by atoms with E-state index in [0.717, 1.165) is 11.4 Å². The van der Waals surface area contributed by atoms with E-state index < -0.39 is 0 Å². The Morgan fingerprint density at radius 1 is 1.45 bits per heavy atom. The molecule has 0 saturated carbocycles. The summed E-state index contributed by atoms with van der Waals surface area (Å²) in [6, 6.07) is 1.92. The summed E-state index contributed by atoms with van der Waals surface area (Å²) in [6.45, 7) is 5.95. The quantitative estimate of drug-likeness (QED) is 0.823. The lowest BCUT2D eigenvalue weighted by molar-refractivity contribution is -0.140. The summed E-state index contributed by atoms with van der Waals surface area (Å²) in [6.07, 6.45) is 0.158. The molecule has 1 atom stereocenters. The van der Waals surface area contributed by atoms with Gasteiger partial charge in [-0.15, -0.1) is 0 Å². The molecule has 0 aromatic carbocycles. The summed E-state index contributed by atoms with van der Waals surface area (Å²) >= 11 is 0. The van der Waals surface area contributed by atoms with Crippen molar-refractivity contribution in [2.45, 2.75) is 26.4 Å². The number of hydrogen-bond donors (Lipinski definition) is 0. The first kappa shape index (κ1) is 14.9. The van der Waals surface area contributed by atoms with Gasteiger partial charge in [0.05, 0.1) is 26.2 Å². The fourth-order valence-corrected chi connectivity index (χ4v) is 2.28. The molecule has 0 aliphatic carbocycles. The Morgan fingerprint density at radius 2 is 2.15 bits per heavy atom. The van der Waals surface area contributed by atoms with Gasteiger partial charge in [-0.2, -0.15) is 0 Å². The molecule has 110 valence electrons. The van der Waals surface area contributed by atoms with Crippen molar-refractivity contribution in [3.63, 3.8) is 0 Å². The molecule has 1 aliphatic heterocycles. The second-order valence-electron chi connectivity index (χ2n) is 4.95. The number of amides is 1. The Bertz CT molecular complexity index is 458. The molecule has 0 radical (unpaired) electrons. The minimum absolute atomic E-state index is 0.0875. The van der Waals surface area contributed by atoms with Crippen molar-refractivity contribution in [3.8, 4) is 0 Å². The van der Waals surface area contributed by atoms with Crippen molar-refractivity contribution in [3.05, 3.63) is 23.3 Å². The second kappa shape index (κ2) is 6.76. The van der Waals surface area contributed by atoms with E-state index in [0.29, 0.717) is 38.5 Å². The standard InChI is InChI=1S/C14H21N3O3/c1-10-8-11(2)16-14(15-10)12-9-17(5-7-20-12)13(18)4-6-19-3/h8,12H,4-7,9H2,1-3H3. The molecule has 1 unspecified atom stereocenters. The Kier molecular flexibility index (Phi) is 5.03. The van der Waals surface area contributed by atoms with Gasteiger partial charge in [-0.3, -0.25) is 4.79 Å². The van der Waals surface area contributed by atoms with Gasteiger partial charge in [-0.25, -0.2) is 9.97 Å². The first-order valence-electron chi connectivity index (χ1n) is 6.80. The molecule has 1 aliphatic rings. The van der Waals surface area contributed by atoms with E-state index >= 15 is 0 Å². The molecule has 1 aromatic rings. The molecule has 1 amide bonds. The maximum Gasteiger partial charge on any atom is 0.225 e. The summed E-state index contributed by atoms with van der Waals surface area (Å²) < 4.78 is 10.7. The van der Waals surface area contributed by atoms with Crippen LogP contribution >= 0.6 is 0 Å². The maximum absolute atomic E-state index is 12.0. The molecule has 1 saturated heterocycles. The van der Waals surface area contributed by atoms with Crippen molar-refractivity contribution in [2.24, 2.45) is 0 Å². The van der Waals surface area contributed by atoms with E-state index in [1.54, 1.807) is 12.0 Å². The molecule has 1 aromatic heterocycles. The van der Waals surface area contributed by atoms with Gasteiger partial charge < -0.3 is 14.4 Å². The Labute approximate surface area is 119 Å². The predicted octanol–water partition coefficient (Wildman–Crippen LogP) is 1.03. The zero-order valence-electron chi connectivity index (χ0n) is 12.3. The van der Waals surface area contributed by atoms with Gasteiger partial charge in [-0.05, 0) is 19.9 Å². The molecule has 6 heteroatoms. The van der Waals surface area contributed by atoms with Crippen LogP contribution in [-0.4, -0.2) is 54.2 Å². The largest absolute Gasteiger partial charge is 0.384 e. The maximum atomic E-state index is 12.0. The summed E-state index contributed by atoms with van der Waals surface area (Å²) in [5, 5.41) is 0. The van der Waals surface area contributed by atoms with Crippen molar-refractivity contribution >= 4 is 5.91 Å². The number of ether oxygens (including phenoxy) is 2. The highest BCUT2D eigenvalue weighted by Crippen LogP contribution is 2.20. The highest BCUT2D eigenvalue weighted by Gasteiger charge is 2.27. The molecule has 2 heterocycles. The molecule has 20 heavy (non-hydrogen) atoms. The topological polar surface area (TPSA) is 64.5 Å². The van der Waals surface area contributed by atoms with Crippen LogP contribution in [0.25, 0.3) is 0 Å². The molecule has 0 bridgehead atoms. The molecular weight excluding hydrogens is 258 g/mol. The van der Waals surface area contributed by atoms with Crippen molar-refractivity contribution in [1.82, 2.24) is 14.9 Å². The van der Waals surface area contributed by atoms with E-state index in [4.69, 9.17) is 9.47 Å². The zero-order chi connectivity index (χ0) is 14.5. The van der Waals surface area contributed by atoms with Gasteiger partial charge in [0.2, 0.25) is 5.91 Å². The second-order valence-corrected chi connectivity index (χ2v) is 4.95. The van der Waals surface area contributed by atoms with Crippen LogP contribution in [0.5, 0.6) is 0 Å². The van der Waals surface area contributed by atoms with E-state index in [2.05, 4.69) is 9.97 Å². The van der Waals surface area contributed by atoms with Crippen LogP contribution in [0.3, 0.4) is 0 Å². The number of carbonyl (C=O) groups is 1. The van der Waals surface area contributed by atoms with Gasteiger partial charge in [0, 0.05) is 25.0 Å². The van der Waals surface area contributed by atoms with Gasteiger partial charge >= 0.3 is 0 Å². The smallest absolute Gasteiger partial charge is 0.225 e. The fraction of sp³-hybridized carbons (Fsp3) is 0.643. The third-order valence-corrected chi connectivity index (χ3v) is 3.23. The molecule has 2 rings (SSSR count). The normalized spacial score (nSPS) is 19.1. The molecular formula is C14H21N3O3. The lowest BCUT2D eigenvalue weighted by Gasteiger charge is -2.32. The predicted molar refractivity (Wildman–Crippen MR) is 73.3 cm³/mol. The van der Waals surface area contributed by atoms with Crippen molar-refractivity contribution in [2.75, 3.05) is 33.4 Å². The fourth-order valence-electron chi connectivity index (χ4n) is 2.28. The van der Waals surface area contributed by atoms with Crippen LogP contribution in [0, 0.1) is 13.8 Å². The Hall–Kier alpha value is -1.53. The average molecular weight is 279 g/mol. The molecule has 0 N–H and O–H groups in total. The highest BCUT2D eigenvalue weighted by molar-refractivity contribution is 5.76. The minimum Gasteiger partial charge on any atom is -0.384 e. The van der Waals surface area contributed by atoms with Crippen LogP contribution < -0.4 is 0 Å². The van der Waals surface area contributed by atoms with Crippen LogP contribution in [0.1, 0.15) is 29.7 Å². The summed E-state index contributed by atoms with van der Waals surface area (Å²) in [5.41, 5.74) is 1.83. The number of nitrogens with zero attached hydrogens (tertiary/aromatic N) is 3. The number of morpholine rings is 1. The number of aromatic nitrogens is 2. The Morgan fingerprint density at radius 3 is 2.80 bits per heavy atom. The van der Waals surface area contributed by atoms with E-state index in [-0.39, 0.29) is 12.0 Å². The minimum atomic E-state index is -0.242. The third-order valence-electron chi connectivity index (χ3n) is 3.23. The average Bonchev–Trinajstić information content (AvgIpc) is 2.44. The first-order valence-corrected chi connectivity index (χ1v) is 6.80. The van der Waals surface area contributed by atoms with E-state index in [1.165, 1.54) is 0 Å². The van der Waals surface area contributed by atoms with Crippen LogP contribution in [0.2, 0.25) is 0 Å². The first-order chi connectivity index (χ1) is 9.60. The Balaban J connectivity index is 2.04. The lowest BCUT2D eigenvalue weighted by Crippen LogP contribution is -2.43. The number of hydrogen-bond acceptors (Lipinski definition) is 5. The zero-order valence-corrected chi connectivity index (χ0v) is 12.3. The van der Waals surface area contributed by atoms with E-state index in [9.17, 15) is 4.79 Å². The van der Waals surface area contributed by atoms with Crippen LogP contribution in [0.4, 0.5) is 0 Å². The molecule has 6 nitrogen and oxygen atoms in total. The number of methoxy groups -OCH3 is 1. The number of rotatable bonds is 4.